The van der Waals surface area contributed by atoms with Crippen molar-refractivity contribution in [2.24, 2.45) is 0 Å². The third kappa shape index (κ3) is 4.88. The molecule has 8 heteroatoms. The third-order valence-corrected chi connectivity index (χ3v) is 5.84. The molecule has 1 aromatic heterocycles. The van der Waals surface area contributed by atoms with Crippen molar-refractivity contribution in [3.63, 3.8) is 0 Å². The normalized spacial score (nSPS) is 16.9. The Kier molecular flexibility index (Phi) is 7.24. The van der Waals surface area contributed by atoms with Crippen LogP contribution in [0, 0.1) is 0 Å². The van der Waals surface area contributed by atoms with Gasteiger partial charge in [0.15, 0.2) is 11.5 Å². The van der Waals surface area contributed by atoms with Crippen LogP contribution in [0.1, 0.15) is 36.6 Å². The maximum Gasteiger partial charge on any atom is 0.295 e. The van der Waals surface area contributed by atoms with E-state index in [-0.39, 0.29) is 24.0 Å². The van der Waals surface area contributed by atoms with Crippen LogP contribution < -0.4 is 14.2 Å². The highest BCUT2D eigenvalue weighted by Gasteiger charge is 2.46. The van der Waals surface area contributed by atoms with Gasteiger partial charge in [0.05, 0.1) is 31.9 Å². The van der Waals surface area contributed by atoms with Gasteiger partial charge in [-0.05, 0) is 67.4 Å². The van der Waals surface area contributed by atoms with Crippen LogP contribution in [-0.2, 0) is 16.1 Å². The number of benzene rings is 2. The van der Waals surface area contributed by atoms with Crippen molar-refractivity contribution in [1.82, 2.24) is 9.88 Å². The number of aliphatic hydroxyl groups is 1. The van der Waals surface area contributed by atoms with Gasteiger partial charge in [-0.15, -0.1) is 0 Å². The molecule has 4 rings (SSSR count). The van der Waals surface area contributed by atoms with Crippen molar-refractivity contribution < 1.29 is 28.9 Å². The summed E-state index contributed by atoms with van der Waals surface area (Å²) >= 11 is 0. The molecule has 1 N–H and O–H groups in total. The summed E-state index contributed by atoms with van der Waals surface area (Å²) in [6.45, 7) is 3.97. The number of aliphatic hydroxyl groups excluding tert-OH is 1. The van der Waals surface area contributed by atoms with E-state index in [1.807, 2.05) is 19.9 Å². The fraction of sp³-hybridized carbons (Fsp3) is 0.250. The number of amides is 1. The number of carbonyl (C=O) groups is 2. The van der Waals surface area contributed by atoms with Gasteiger partial charge in [-0.3, -0.25) is 14.6 Å². The summed E-state index contributed by atoms with van der Waals surface area (Å²) in [6, 6.07) is 14.6. The van der Waals surface area contributed by atoms with Crippen molar-refractivity contribution in [2.75, 3.05) is 14.2 Å². The molecule has 0 aliphatic carbocycles. The van der Waals surface area contributed by atoms with E-state index in [2.05, 4.69) is 4.98 Å². The highest BCUT2D eigenvalue weighted by Crippen LogP contribution is 2.42. The van der Waals surface area contributed by atoms with E-state index in [0.29, 0.717) is 28.4 Å². The number of rotatable bonds is 8. The summed E-state index contributed by atoms with van der Waals surface area (Å²) < 4.78 is 16.5. The molecule has 1 saturated heterocycles. The fourth-order valence-corrected chi connectivity index (χ4v) is 4.22. The number of carbonyl (C=O) groups excluding carboxylic acids is 2. The zero-order chi connectivity index (χ0) is 25.8. The van der Waals surface area contributed by atoms with Gasteiger partial charge < -0.3 is 24.2 Å². The molecule has 36 heavy (non-hydrogen) atoms. The predicted octanol–water partition coefficient (Wildman–Crippen LogP) is 4.51. The van der Waals surface area contributed by atoms with E-state index in [0.717, 1.165) is 5.56 Å². The van der Waals surface area contributed by atoms with Gasteiger partial charge in [-0.25, -0.2) is 0 Å². The highest BCUT2D eigenvalue weighted by atomic mass is 16.5. The van der Waals surface area contributed by atoms with Crippen molar-refractivity contribution in [2.45, 2.75) is 32.5 Å². The second-order valence-corrected chi connectivity index (χ2v) is 8.59. The zero-order valence-electron chi connectivity index (χ0n) is 20.6. The van der Waals surface area contributed by atoms with Crippen LogP contribution in [0.3, 0.4) is 0 Å². The van der Waals surface area contributed by atoms with Crippen molar-refractivity contribution in [3.8, 4) is 17.2 Å². The first-order chi connectivity index (χ1) is 17.3. The number of ketones is 1. The van der Waals surface area contributed by atoms with Crippen molar-refractivity contribution >= 4 is 17.4 Å². The molecule has 1 aliphatic rings. The van der Waals surface area contributed by atoms with Gasteiger partial charge in [0.25, 0.3) is 11.7 Å². The Bertz CT molecular complexity index is 1290. The van der Waals surface area contributed by atoms with E-state index < -0.39 is 17.7 Å². The molecular weight excluding hydrogens is 460 g/mol. The first-order valence-corrected chi connectivity index (χ1v) is 11.5. The smallest absolute Gasteiger partial charge is 0.295 e. The van der Waals surface area contributed by atoms with E-state index in [1.54, 1.807) is 60.9 Å². The van der Waals surface area contributed by atoms with Crippen LogP contribution in [0.15, 0.2) is 72.6 Å². The summed E-state index contributed by atoms with van der Waals surface area (Å²) in [5, 5.41) is 11.3. The molecule has 0 spiro atoms. The Labute approximate surface area is 209 Å². The SMILES string of the molecule is COc1ccc([C@H]2C(=C(O)c3ccc(OC(C)C)cc3)C(=O)C(=O)N2Cc2cccnc2)cc1OC. The standard InChI is InChI=1S/C28H28N2O6/c1-17(2)36-21-10-7-19(8-11-21)26(31)24-25(20-9-12-22(34-3)23(14-20)35-4)30(28(33)27(24)32)16-18-6-5-13-29-15-18/h5-15,17,25,31H,16H2,1-4H3/t25-/m0/s1. The molecule has 1 atom stereocenters. The summed E-state index contributed by atoms with van der Waals surface area (Å²) in [4.78, 5) is 32.1. The number of nitrogens with zero attached hydrogens (tertiary/aromatic N) is 2. The number of likely N-dealkylation sites (tertiary alicyclic amines) is 1. The molecule has 1 aliphatic heterocycles. The number of hydrogen-bond acceptors (Lipinski definition) is 7. The zero-order valence-corrected chi connectivity index (χ0v) is 20.6. The average Bonchev–Trinajstić information content (AvgIpc) is 3.13. The van der Waals surface area contributed by atoms with E-state index in [4.69, 9.17) is 14.2 Å². The molecule has 0 radical (unpaired) electrons. The predicted molar refractivity (Wildman–Crippen MR) is 134 cm³/mol. The van der Waals surface area contributed by atoms with Gasteiger partial charge in [-0.2, -0.15) is 0 Å². The Balaban J connectivity index is 1.84. The Morgan fingerprint density at radius 2 is 1.75 bits per heavy atom. The number of pyridine rings is 1. The quantitative estimate of drug-likeness (QED) is 0.283. The van der Waals surface area contributed by atoms with Crippen LogP contribution in [0.5, 0.6) is 17.2 Å². The number of aromatic nitrogens is 1. The minimum absolute atomic E-state index is 0.00589. The maximum absolute atomic E-state index is 13.3. The van der Waals surface area contributed by atoms with Gasteiger partial charge in [0, 0.05) is 24.5 Å². The van der Waals surface area contributed by atoms with Crippen LogP contribution in [0.25, 0.3) is 5.76 Å². The molecule has 8 nitrogen and oxygen atoms in total. The lowest BCUT2D eigenvalue weighted by molar-refractivity contribution is -0.140. The lowest BCUT2D eigenvalue weighted by atomic mass is 9.94. The van der Waals surface area contributed by atoms with Crippen molar-refractivity contribution in [1.29, 1.82) is 0 Å². The van der Waals surface area contributed by atoms with Crippen molar-refractivity contribution in [3.05, 3.63) is 89.3 Å². The second-order valence-electron chi connectivity index (χ2n) is 8.59. The van der Waals surface area contributed by atoms with E-state index in [9.17, 15) is 14.7 Å². The molecule has 3 aromatic rings. The molecular formula is C28H28N2O6. The van der Waals surface area contributed by atoms with E-state index >= 15 is 0 Å². The summed E-state index contributed by atoms with van der Waals surface area (Å²) in [5.41, 5.74) is 1.74. The summed E-state index contributed by atoms with van der Waals surface area (Å²) in [7, 11) is 3.04. The van der Waals surface area contributed by atoms with Crippen LogP contribution in [0.2, 0.25) is 0 Å². The van der Waals surface area contributed by atoms with Crippen LogP contribution in [0.4, 0.5) is 0 Å². The summed E-state index contributed by atoms with van der Waals surface area (Å²) in [5.74, 6) is -0.157. The third-order valence-electron chi connectivity index (χ3n) is 5.84. The van der Waals surface area contributed by atoms with Crippen LogP contribution in [-0.4, -0.2) is 47.0 Å². The lowest BCUT2D eigenvalue weighted by Gasteiger charge is -2.26. The number of methoxy groups -OCH3 is 2. The Morgan fingerprint density at radius 1 is 1.03 bits per heavy atom. The average molecular weight is 489 g/mol. The van der Waals surface area contributed by atoms with Gasteiger partial charge in [0.1, 0.15) is 11.5 Å². The monoisotopic (exact) mass is 488 g/mol. The number of hydrogen-bond donors (Lipinski definition) is 1. The number of Topliss-reactive ketones (excluding diaryl/α,β-unsaturated/α-hetero) is 1. The van der Waals surface area contributed by atoms with Gasteiger partial charge in [0.2, 0.25) is 0 Å². The fourth-order valence-electron chi connectivity index (χ4n) is 4.22. The molecule has 2 heterocycles. The largest absolute Gasteiger partial charge is 0.507 e. The summed E-state index contributed by atoms with van der Waals surface area (Å²) in [6.07, 6.45) is 3.27. The lowest BCUT2D eigenvalue weighted by Crippen LogP contribution is -2.29. The second kappa shape index (κ2) is 10.5. The Morgan fingerprint density at radius 3 is 2.36 bits per heavy atom. The van der Waals surface area contributed by atoms with Gasteiger partial charge >= 0.3 is 0 Å². The van der Waals surface area contributed by atoms with Crippen LogP contribution >= 0.6 is 0 Å². The topological polar surface area (TPSA) is 98.2 Å². The highest BCUT2D eigenvalue weighted by molar-refractivity contribution is 6.46. The molecule has 0 unspecified atom stereocenters. The molecule has 0 saturated carbocycles. The maximum atomic E-state index is 13.3. The molecule has 1 fully saturated rings. The first kappa shape index (κ1) is 24.8. The minimum Gasteiger partial charge on any atom is -0.507 e. The molecule has 186 valence electrons. The van der Waals surface area contributed by atoms with Gasteiger partial charge in [-0.1, -0.05) is 12.1 Å². The number of ether oxygens (including phenoxy) is 3. The molecule has 1 amide bonds. The molecule has 2 aromatic carbocycles. The first-order valence-electron chi connectivity index (χ1n) is 11.5. The van der Waals surface area contributed by atoms with E-state index in [1.165, 1.54) is 19.1 Å². The molecule has 0 bridgehead atoms. The Hall–Kier alpha value is -4.33. The minimum atomic E-state index is -0.850.